The minimum Gasteiger partial charge on any atom is -0.394 e. The Kier molecular flexibility index (Phi) is 5.02. The zero-order valence-electron chi connectivity index (χ0n) is 14.7. The summed E-state index contributed by atoms with van der Waals surface area (Å²) in [4.78, 5) is 0. The molecule has 2 N–H and O–H groups in total. The lowest BCUT2D eigenvalue weighted by atomic mass is 9.94. The molecule has 0 bridgehead atoms. The number of rotatable bonds is 4. The second-order valence-corrected chi connectivity index (χ2v) is 7.16. The molecule has 2 aliphatic carbocycles. The van der Waals surface area contributed by atoms with E-state index in [9.17, 15) is 10.2 Å². The molecule has 1 heterocycles. The van der Waals surface area contributed by atoms with Crippen molar-refractivity contribution in [2.24, 2.45) is 0 Å². The molecule has 134 valence electrons. The molecular formula is C23H24O3. The normalized spacial score (nSPS) is 23.2. The summed E-state index contributed by atoms with van der Waals surface area (Å²) in [6, 6.07) is 23.3. The molecule has 26 heavy (non-hydrogen) atoms. The van der Waals surface area contributed by atoms with E-state index in [1.165, 1.54) is 22.3 Å². The molecule has 1 aromatic rings. The third kappa shape index (κ3) is 3.80. The second-order valence-electron chi connectivity index (χ2n) is 7.16. The first-order valence-electron chi connectivity index (χ1n) is 9.22. The van der Waals surface area contributed by atoms with Gasteiger partial charge in [-0.3, -0.25) is 0 Å². The number of aliphatic hydroxyl groups is 2. The second kappa shape index (κ2) is 7.58. The summed E-state index contributed by atoms with van der Waals surface area (Å²) in [7, 11) is 0. The van der Waals surface area contributed by atoms with Crippen molar-refractivity contribution in [1.82, 2.24) is 0 Å². The van der Waals surface area contributed by atoms with E-state index in [1.54, 1.807) is 0 Å². The predicted molar refractivity (Wildman–Crippen MR) is 102 cm³/mol. The summed E-state index contributed by atoms with van der Waals surface area (Å²) < 4.78 is 5.95. The van der Waals surface area contributed by atoms with Gasteiger partial charge in [0.15, 0.2) is 0 Å². The molecular weight excluding hydrogens is 324 g/mol. The van der Waals surface area contributed by atoms with Crippen molar-refractivity contribution in [2.45, 2.75) is 37.6 Å². The van der Waals surface area contributed by atoms with Gasteiger partial charge in [0.05, 0.1) is 24.9 Å². The third-order valence-electron chi connectivity index (χ3n) is 5.10. The van der Waals surface area contributed by atoms with E-state index in [4.69, 9.17) is 4.74 Å². The van der Waals surface area contributed by atoms with Crippen molar-refractivity contribution in [1.29, 1.82) is 0 Å². The molecule has 1 aliphatic heterocycles. The van der Waals surface area contributed by atoms with Crippen LogP contribution in [0.1, 0.15) is 35.6 Å². The molecule has 4 rings (SSSR count). The van der Waals surface area contributed by atoms with Crippen molar-refractivity contribution in [3.8, 4) is 11.1 Å². The Morgan fingerprint density at radius 2 is 1.62 bits per heavy atom. The SMILES string of the molecule is OC[C@@H]1CC(O)CC(c2cccc(Cc3cc4cccccc-4c3)c2)O1. The quantitative estimate of drug-likeness (QED) is 0.750. The summed E-state index contributed by atoms with van der Waals surface area (Å²) in [6.45, 7) is -0.0508. The number of benzene rings is 1. The van der Waals surface area contributed by atoms with Gasteiger partial charge in [-0.25, -0.2) is 0 Å². The van der Waals surface area contributed by atoms with Gasteiger partial charge in [0.25, 0.3) is 0 Å². The number of aliphatic hydroxyl groups excluding tert-OH is 2. The highest BCUT2D eigenvalue weighted by atomic mass is 16.5. The maximum absolute atomic E-state index is 10.1. The zero-order valence-corrected chi connectivity index (χ0v) is 14.7. The van der Waals surface area contributed by atoms with Gasteiger partial charge >= 0.3 is 0 Å². The topological polar surface area (TPSA) is 49.7 Å². The minimum atomic E-state index is -0.421. The van der Waals surface area contributed by atoms with Gasteiger partial charge in [-0.05, 0) is 34.2 Å². The van der Waals surface area contributed by atoms with Crippen LogP contribution in [0, 0.1) is 0 Å². The Morgan fingerprint density at radius 1 is 0.846 bits per heavy atom. The van der Waals surface area contributed by atoms with E-state index in [2.05, 4.69) is 48.5 Å². The van der Waals surface area contributed by atoms with Gasteiger partial charge in [0, 0.05) is 12.8 Å². The molecule has 1 saturated heterocycles. The van der Waals surface area contributed by atoms with Gasteiger partial charge in [-0.2, -0.15) is 0 Å². The molecule has 1 aromatic carbocycles. The average Bonchev–Trinajstić information content (AvgIpc) is 2.89. The number of hydrogen-bond donors (Lipinski definition) is 2. The van der Waals surface area contributed by atoms with Gasteiger partial charge in [-0.1, -0.05) is 66.7 Å². The number of hydrogen-bond acceptors (Lipinski definition) is 3. The van der Waals surface area contributed by atoms with E-state index in [-0.39, 0.29) is 18.8 Å². The molecule has 0 radical (unpaired) electrons. The van der Waals surface area contributed by atoms with Crippen molar-refractivity contribution in [3.05, 3.63) is 83.4 Å². The zero-order chi connectivity index (χ0) is 17.9. The van der Waals surface area contributed by atoms with Gasteiger partial charge < -0.3 is 14.9 Å². The Balaban J connectivity index is 1.55. The van der Waals surface area contributed by atoms with Crippen LogP contribution < -0.4 is 0 Å². The van der Waals surface area contributed by atoms with E-state index >= 15 is 0 Å². The monoisotopic (exact) mass is 348 g/mol. The fourth-order valence-corrected chi connectivity index (χ4v) is 3.84. The van der Waals surface area contributed by atoms with Crippen LogP contribution in [0.2, 0.25) is 0 Å². The summed E-state index contributed by atoms with van der Waals surface area (Å²) in [5, 5.41) is 19.4. The van der Waals surface area contributed by atoms with Crippen molar-refractivity contribution in [3.63, 3.8) is 0 Å². The van der Waals surface area contributed by atoms with Crippen LogP contribution in [0.25, 0.3) is 11.1 Å². The van der Waals surface area contributed by atoms with E-state index in [0.717, 1.165) is 12.0 Å². The Labute approximate surface area is 154 Å². The highest BCUT2D eigenvalue weighted by Crippen LogP contribution is 2.32. The fourth-order valence-electron chi connectivity index (χ4n) is 3.84. The molecule has 3 atom stereocenters. The highest BCUT2D eigenvalue weighted by Gasteiger charge is 2.29. The van der Waals surface area contributed by atoms with Gasteiger partial charge in [-0.15, -0.1) is 0 Å². The van der Waals surface area contributed by atoms with E-state index < -0.39 is 6.10 Å². The molecule has 1 fully saturated rings. The molecule has 0 aromatic heterocycles. The van der Waals surface area contributed by atoms with Crippen LogP contribution in [0.15, 0.2) is 66.7 Å². The molecule has 3 heteroatoms. The number of fused-ring (bicyclic) bond motifs is 1. The molecule has 0 spiro atoms. The molecule has 2 unspecified atom stereocenters. The van der Waals surface area contributed by atoms with Gasteiger partial charge in [0.1, 0.15) is 0 Å². The Hall–Kier alpha value is -2.20. The molecule has 0 amide bonds. The lowest BCUT2D eigenvalue weighted by Crippen LogP contribution is -2.33. The highest BCUT2D eigenvalue weighted by molar-refractivity contribution is 5.68. The molecule has 3 nitrogen and oxygen atoms in total. The lowest BCUT2D eigenvalue weighted by molar-refractivity contribution is -0.113. The summed E-state index contributed by atoms with van der Waals surface area (Å²) in [5.74, 6) is 0. The first-order valence-corrected chi connectivity index (χ1v) is 9.22. The van der Waals surface area contributed by atoms with Gasteiger partial charge in [0.2, 0.25) is 0 Å². The maximum atomic E-state index is 10.1. The first kappa shape index (κ1) is 17.2. The lowest BCUT2D eigenvalue weighted by Gasteiger charge is -2.32. The Bertz CT molecular complexity index is 814. The van der Waals surface area contributed by atoms with Crippen LogP contribution >= 0.6 is 0 Å². The minimum absolute atomic E-state index is 0.0508. The maximum Gasteiger partial charge on any atom is 0.0854 e. The Morgan fingerprint density at radius 3 is 2.35 bits per heavy atom. The van der Waals surface area contributed by atoms with E-state index in [0.29, 0.717) is 12.8 Å². The van der Waals surface area contributed by atoms with Crippen molar-refractivity contribution >= 4 is 0 Å². The third-order valence-corrected chi connectivity index (χ3v) is 5.10. The van der Waals surface area contributed by atoms with E-state index in [1.807, 2.05) is 18.2 Å². The summed E-state index contributed by atoms with van der Waals surface area (Å²) in [5.41, 5.74) is 6.10. The molecule has 3 aliphatic rings. The first-order chi connectivity index (χ1) is 12.7. The fraction of sp³-hybridized carbons (Fsp3) is 0.304. The van der Waals surface area contributed by atoms with Crippen LogP contribution in [0.4, 0.5) is 0 Å². The summed E-state index contributed by atoms with van der Waals surface area (Å²) >= 11 is 0. The molecule has 0 saturated carbocycles. The average molecular weight is 348 g/mol. The van der Waals surface area contributed by atoms with Crippen LogP contribution in [-0.4, -0.2) is 29.0 Å². The van der Waals surface area contributed by atoms with Crippen LogP contribution in [-0.2, 0) is 11.2 Å². The van der Waals surface area contributed by atoms with Crippen LogP contribution in [0.5, 0.6) is 0 Å². The standard InChI is InChI=1S/C23H24O3/c24-15-22-13-21(25)14-23(26-22)20-8-4-5-16(10-20)9-17-11-18-6-2-1-3-7-19(18)12-17/h1-8,10-12,21-25H,9,13-15H2/t21?,22-,23?/m0/s1. The predicted octanol–water partition coefficient (Wildman–Crippen LogP) is 3.96. The van der Waals surface area contributed by atoms with Crippen molar-refractivity contribution in [2.75, 3.05) is 6.61 Å². The van der Waals surface area contributed by atoms with Crippen LogP contribution in [0.3, 0.4) is 0 Å². The largest absolute Gasteiger partial charge is 0.394 e. The number of ether oxygens (including phenoxy) is 1. The smallest absolute Gasteiger partial charge is 0.0854 e. The summed E-state index contributed by atoms with van der Waals surface area (Å²) in [6.07, 6.45) is 1.09. The van der Waals surface area contributed by atoms with Crippen molar-refractivity contribution < 1.29 is 14.9 Å².